The van der Waals surface area contributed by atoms with Gasteiger partial charge in [0.25, 0.3) is 0 Å². The third-order valence-corrected chi connectivity index (χ3v) is 10.4. The molecule has 1 amide bonds. The van der Waals surface area contributed by atoms with E-state index in [1.807, 2.05) is 20.9 Å². The number of likely N-dealkylation sites (N-methyl/N-ethyl adjacent to an activating group) is 1. The molecule has 0 fully saturated rings. The quantitative estimate of drug-likeness (QED) is 0.0918. The molecule has 0 saturated heterocycles. The van der Waals surface area contributed by atoms with E-state index < -0.39 is 46.8 Å². The van der Waals surface area contributed by atoms with Crippen LogP contribution in [0.4, 0.5) is 4.20 Å². The van der Waals surface area contributed by atoms with Gasteiger partial charge in [0, 0.05) is 6.54 Å². The summed E-state index contributed by atoms with van der Waals surface area (Å²) in [6.45, 7) is 9.48. The van der Waals surface area contributed by atoms with E-state index in [1.54, 1.807) is 13.8 Å². The third-order valence-electron chi connectivity index (χ3n) is 3.91. The number of hydrogen-bond acceptors (Lipinski definition) is 10. The first kappa shape index (κ1) is 37.7. The molecule has 16 heteroatoms. The van der Waals surface area contributed by atoms with Crippen LogP contribution in [0.5, 0.6) is 0 Å². The molecule has 0 bridgehead atoms. The van der Waals surface area contributed by atoms with Crippen molar-refractivity contribution in [1.82, 2.24) is 10.6 Å². The summed E-state index contributed by atoms with van der Waals surface area (Å²) in [5.74, 6) is -0.953. The number of ether oxygens (including phenoxy) is 2. The molecule has 1 atom stereocenters. The number of carbonyl (C=O) groups excluding carboxylic acids is 4. The van der Waals surface area contributed by atoms with Gasteiger partial charge in [0.05, 0.1) is 30.5 Å². The van der Waals surface area contributed by atoms with Crippen LogP contribution in [-0.4, -0.2) is 82.6 Å². The molecule has 0 aliphatic rings. The van der Waals surface area contributed by atoms with E-state index in [-0.39, 0.29) is 43.5 Å². The number of rotatable bonds is 18. The van der Waals surface area contributed by atoms with Gasteiger partial charge in [-0.25, -0.2) is 4.20 Å². The van der Waals surface area contributed by atoms with Crippen molar-refractivity contribution in [2.75, 3.05) is 58.5 Å². The average molecular weight is 861 g/mol. The van der Waals surface area contributed by atoms with Crippen molar-refractivity contribution in [1.29, 1.82) is 0 Å². The molecule has 0 aromatic carbocycles. The molecule has 10 nitrogen and oxygen atoms in total. The summed E-state index contributed by atoms with van der Waals surface area (Å²) in [6, 6.07) is 0. The molecular formula is C19H34Br2FHgN2O8PS. The van der Waals surface area contributed by atoms with Crippen LogP contribution >= 0.6 is 47.0 Å². The monoisotopic (exact) mass is 860 g/mol. The Morgan fingerprint density at radius 1 is 1.06 bits per heavy atom. The molecule has 0 aromatic rings. The van der Waals surface area contributed by atoms with Crippen molar-refractivity contribution in [3.63, 3.8) is 0 Å². The first-order valence-electron chi connectivity index (χ1n) is 10.5. The van der Waals surface area contributed by atoms with Crippen molar-refractivity contribution >= 4 is 71.1 Å². The molecule has 202 valence electrons. The summed E-state index contributed by atoms with van der Waals surface area (Å²) in [7, 11) is -0.0953. The number of carbonyl (C=O) groups is 4. The number of hydrogen-bond donors (Lipinski definition) is 2. The summed E-state index contributed by atoms with van der Waals surface area (Å²) in [5, 5.41) is 5.53. The average Bonchev–Trinajstić information content (AvgIpc) is 2.80. The number of nitrogens with one attached hydrogen (secondary N) is 2. The van der Waals surface area contributed by atoms with Crippen LogP contribution in [0.15, 0.2) is 0 Å². The normalized spacial score (nSPS) is 11.9. The van der Waals surface area contributed by atoms with Crippen molar-refractivity contribution < 1.29 is 61.9 Å². The molecule has 0 rings (SSSR count). The molecule has 35 heavy (non-hydrogen) atoms. The second-order valence-corrected chi connectivity index (χ2v) is 18.0. The standard InChI is InChI=1S/C11H18BrFNO5PS.C8H17NO3.BrH.Hg/c1-11(2,10(17)19-12)8-18-5-3-14-9(16)7-21-20(13)6-4-15;1-8(2,7(10)11)6-12-5-4-9-3;;/h4H,3,5-8H2,1-2H3,(H,14,16);9H,4-6H2,1-3H3,(H,10,11);1H;/q;;;+2/p-2. The molecule has 0 aromatic heterocycles. The van der Waals surface area contributed by atoms with Crippen LogP contribution in [0.25, 0.3) is 0 Å². The predicted octanol–water partition coefficient (Wildman–Crippen LogP) is 3.31. The molecule has 0 aliphatic heterocycles. The number of halogens is 3. The number of aldehydes is 1. The number of amides is 1. The van der Waals surface area contributed by atoms with Gasteiger partial charge < -0.3 is 18.7 Å². The van der Waals surface area contributed by atoms with Crippen molar-refractivity contribution in [3.05, 3.63) is 0 Å². The van der Waals surface area contributed by atoms with E-state index in [0.717, 1.165) is 17.9 Å². The van der Waals surface area contributed by atoms with Crippen LogP contribution in [-0.2, 0) is 57.7 Å². The molecule has 0 radical (unpaired) electrons. The van der Waals surface area contributed by atoms with E-state index in [4.69, 9.17) is 12.1 Å². The van der Waals surface area contributed by atoms with Gasteiger partial charge in [0.1, 0.15) is 13.7 Å². The van der Waals surface area contributed by atoms with Gasteiger partial charge in [-0.15, -0.1) is 0 Å². The zero-order valence-electron chi connectivity index (χ0n) is 20.7. The fraction of sp³-hybridized carbons (Fsp3) is 0.789. The van der Waals surface area contributed by atoms with Gasteiger partial charge in [-0.1, -0.05) is 11.4 Å². The van der Waals surface area contributed by atoms with Crippen LogP contribution in [0.3, 0.4) is 0 Å². The van der Waals surface area contributed by atoms with Gasteiger partial charge in [-0.3, -0.25) is 9.59 Å². The predicted molar refractivity (Wildman–Crippen MR) is 138 cm³/mol. The SMILES string of the molecule is CC(C)(COCCNC(=O)CSP(F)CC=O)C(=O)OBr.CNCCOCC(C)(C)C(=O)[O][Hg][Br]. The first-order chi connectivity index (χ1) is 16.4. The molecule has 0 aliphatic carbocycles. The molecule has 1 unspecified atom stereocenters. The molecule has 0 heterocycles. The van der Waals surface area contributed by atoms with Gasteiger partial charge >= 0.3 is 110 Å². The minimum absolute atomic E-state index is 0.0303. The van der Waals surface area contributed by atoms with E-state index in [1.165, 1.54) is 0 Å². The third kappa shape index (κ3) is 21.2. The Labute approximate surface area is 239 Å². The molecule has 0 saturated carbocycles. The zero-order chi connectivity index (χ0) is 27.3. The van der Waals surface area contributed by atoms with Gasteiger partial charge in [-0.2, -0.15) is 0 Å². The summed E-state index contributed by atoms with van der Waals surface area (Å²) in [6.07, 6.45) is 0.347. The van der Waals surface area contributed by atoms with Crippen molar-refractivity contribution in [2.45, 2.75) is 27.7 Å². The minimum atomic E-state index is -1.96. The maximum atomic E-state index is 13.0. The molecule has 0 spiro atoms. The Balaban J connectivity index is 0. The second-order valence-electron chi connectivity index (χ2n) is 8.17. The van der Waals surface area contributed by atoms with Crippen LogP contribution in [0.1, 0.15) is 27.7 Å². The van der Waals surface area contributed by atoms with Crippen LogP contribution < -0.4 is 10.6 Å². The Bertz CT molecular complexity index is 642. The second kappa shape index (κ2) is 22.5. The Kier molecular flexibility index (Phi) is 24.3. The van der Waals surface area contributed by atoms with Crippen LogP contribution in [0, 0.1) is 10.8 Å². The summed E-state index contributed by atoms with van der Waals surface area (Å²) in [5.41, 5.74) is -1.32. The van der Waals surface area contributed by atoms with Gasteiger partial charge in [0.15, 0.2) is 16.3 Å². The van der Waals surface area contributed by atoms with Crippen molar-refractivity contribution in [3.8, 4) is 0 Å². The van der Waals surface area contributed by atoms with Gasteiger partial charge in [0.2, 0.25) is 5.91 Å². The summed E-state index contributed by atoms with van der Waals surface area (Å²) >= 11 is 5.21. The van der Waals surface area contributed by atoms with E-state index in [0.29, 0.717) is 19.5 Å². The van der Waals surface area contributed by atoms with Crippen molar-refractivity contribution in [2.24, 2.45) is 10.8 Å². The zero-order valence-corrected chi connectivity index (χ0v) is 31.1. The fourth-order valence-corrected chi connectivity index (χ4v) is 7.87. The van der Waals surface area contributed by atoms with E-state index >= 15 is 0 Å². The molecule has 2 N–H and O–H groups in total. The Hall–Kier alpha value is 0.565. The summed E-state index contributed by atoms with van der Waals surface area (Å²) < 4.78 is 33.1. The van der Waals surface area contributed by atoms with E-state index in [2.05, 4.69) is 42.6 Å². The van der Waals surface area contributed by atoms with E-state index in [9.17, 15) is 23.4 Å². The summed E-state index contributed by atoms with van der Waals surface area (Å²) in [4.78, 5) is 44.2. The Morgan fingerprint density at radius 2 is 1.60 bits per heavy atom. The topological polar surface area (TPSA) is 129 Å². The Morgan fingerprint density at radius 3 is 2.09 bits per heavy atom. The fourth-order valence-electron chi connectivity index (χ4n) is 1.85. The maximum absolute atomic E-state index is 13.0. The molecular weight excluding hydrogens is 827 g/mol. The van der Waals surface area contributed by atoms with Gasteiger partial charge in [-0.05, 0) is 13.8 Å². The first-order valence-corrected chi connectivity index (χ1v) is 28.3. The van der Waals surface area contributed by atoms with Crippen LogP contribution in [0.2, 0.25) is 0 Å².